The number of nitrogens with zero attached hydrogens (tertiary/aromatic N) is 1. The van der Waals surface area contributed by atoms with Gasteiger partial charge in [0.1, 0.15) is 0 Å². The molecule has 4 heteroatoms. The van der Waals surface area contributed by atoms with Crippen molar-refractivity contribution >= 4 is 5.91 Å². The molecular weight excluding hydrogens is 274 g/mol. The number of hydrogen-bond acceptors (Lipinski definition) is 3. The summed E-state index contributed by atoms with van der Waals surface area (Å²) in [5.41, 5.74) is 2.60. The van der Waals surface area contributed by atoms with E-state index in [9.17, 15) is 4.79 Å². The summed E-state index contributed by atoms with van der Waals surface area (Å²) in [4.78, 5) is 14.8. The van der Waals surface area contributed by atoms with Crippen molar-refractivity contribution in [3.8, 4) is 0 Å². The van der Waals surface area contributed by atoms with E-state index in [0.29, 0.717) is 12.5 Å². The Bertz CT molecular complexity index is 507. The number of hydrogen-bond donors (Lipinski definition) is 2. The van der Waals surface area contributed by atoms with Gasteiger partial charge in [-0.3, -0.25) is 9.69 Å². The maximum Gasteiger partial charge on any atom is 0.223 e. The second kappa shape index (κ2) is 7.25. The molecule has 2 heterocycles. The van der Waals surface area contributed by atoms with E-state index < -0.39 is 0 Å². The van der Waals surface area contributed by atoms with Gasteiger partial charge in [-0.05, 0) is 56.1 Å². The summed E-state index contributed by atoms with van der Waals surface area (Å²) in [6, 6.07) is 8.49. The van der Waals surface area contributed by atoms with Crippen LogP contribution in [0.1, 0.15) is 30.9 Å². The molecular formula is C18H27N3O. The van der Waals surface area contributed by atoms with Crippen molar-refractivity contribution in [3.63, 3.8) is 0 Å². The average Bonchev–Trinajstić information content (AvgIpc) is 2.97. The second-order valence-corrected chi connectivity index (χ2v) is 6.68. The second-order valence-electron chi connectivity index (χ2n) is 6.68. The summed E-state index contributed by atoms with van der Waals surface area (Å²) in [7, 11) is 0. The molecule has 4 nitrogen and oxygen atoms in total. The van der Waals surface area contributed by atoms with Gasteiger partial charge in [-0.15, -0.1) is 0 Å². The first-order valence-corrected chi connectivity index (χ1v) is 8.51. The van der Waals surface area contributed by atoms with Crippen molar-refractivity contribution in [1.29, 1.82) is 0 Å². The van der Waals surface area contributed by atoms with Crippen LogP contribution in [0.3, 0.4) is 0 Å². The van der Waals surface area contributed by atoms with Gasteiger partial charge < -0.3 is 10.6 Å². The number of carbonyl (C=O) groups excluding carboxylic acids is 1. The molecule has 120 valence electrons. The zero-order valence-corrected chi connectivity index (χ0v) is 13.5. The van der Waals surface area contributed by atoms with Crippen molar-refractivity contribution in [2.45, 2.75) is 32.9 Å². The van der Waals surface area contributed by atoms with Crippen LogP contribution < -0.4 is 10.6 Å². The van der Waals surface area contributed by atoms with Gasteiger partial charge >= 0.3 is 0 Å². The molecule has 1 aromatic rings. The van der Waals surface area contributed by atoms with E-state index in [0.717, 1.165) is 19.6 Å². The summed E-state index contributed by atoms with van der Waals surface area (Å²) >= 11 is 0. The largest absolute Gasteiger partial charge is 0.352 e. The predicted octanol–water partition coefficient (Wildman–Crippen LogP) is 1.75. The van der Waals surface area contributed by atoms with Crippen LogP contribution in [0, 0.1) is 11.8 Å². The monoisotopic (exact) mass is 301 g/mol. The van der Waals surface area contributed by atoms with Gasteiger partial charge in [0.25, 0.3) is 0 Å². The van der Waals surface area contributed by atoms with Crippen LogP contribution in [0.25, 0.3) is 0 Å². The van der Waals surface area contributed by atoms with Gasteiger partial charge in [0.2, 0.25) is 5.91 Å². The Labute approximate surface area is 133 Å². The van der Waals surface area contributed by atoms with E-state index in [1.807, 2.05) is 6.92 Å². The van der Waals surface area contributed by atoms with Crippen molar-refractivity contribution in [1.82, 2.24) is 15.5 Å². The van der Waals surface area contributed by atoms with E-state index in [2.05, 4.69) is 39.8 Å². The fourth-order valence-corrected chi connectivity index (χ4v) is 3.29. The van der Waals surface area contributed by atoms with Gasteiger partial charge in [0, 0.05) is 19.0 Å². The summed E-state index contributed by atoms with van der Waals surface area (Å²) in [5, 5.41) is 6.36. The Hall–Kier alpha value is -1.39. The van der Waals surface area contributed by atoms with Crippen LogP contribution in [0.5, 0.6) is 0 Å². The SMILES string of the molecule is CC(C(=O)NCc1ccccc1CN1CCCC1)C1CNC1. The Kier molecular flexibility index (Phi) is 5.11. The van der Waals surface area contributed by atoms with Crippen LogP contribution in [-0.2, 0) is 17.9 Å². The van der Waals surface area contributed by atoms with Crippen LogP contribution in [0.2, 0.25) is 0 Å². The fourth-order valence-electron chi connectivity index (χ4n) is 3.29. The van der Waals surface area contributed by atoms with Gasteiger partial charge in [0.05, 0.1) is 0 Å². The van der Waals surface area contributed by atoms with Crippen molar-refractivity contribution < 1.29 is 4.79 Å². The molecule has 0 bridgehead atoms. The van der Waals surface area contributed by atoms with Gasteiger partial charge in [-0.2, -0.15) is 0 Å². The van der Waals surface area contributed by atoms with E-state index in [1.54, 1.807) is 0 Å². The van der Waals surface area contributed by atoms with E-state index >= 15 is 0 Å². The van der Waals surface area contributed by atoms with Crippen LogP contribution in [-0.4, -0.2) is 37.0 Å². The number of amides is 1. The molecule has 2 fully saturated rings. The molecule has 0 spiro atoms. The lowest BCUT2D eigenvalue weighted by molar-refractivity contribution is -0.126. The van der Waals surface area contributed by atoms with E-state index in [1.165, 1.54) is 37.1 Å². The fraction of sp³-hybridized carbons (Fsp3) is 0.611. The standard InChI is InChI=1S/C18H27N3O/c1-14(17-10-19-11-17)18(22)20-12-15-6-2-3-7-16(15)13-21-8-4-5-9-21/h2-3,6-7,14,17,19H,4-5,8-13H2,1H3,(H,20,22). The normalized spacial score (nSPS) is 20.6. The lowest BCUT2D eigenvalue weighted by Crippen LogP contribution is -2.49. The third kappa shape index (κ3) is 3.68. The highest BCUT2D eigenvalue weighted by Gasteiger charge is 2.28. The van der Waals surface area contributed by atoms with E-state index in [4.69, 9.17) is 0 Å². The lowest BCUT2D eigenvalue weighted by atomic mass is 9.88. The van der Waals surface area contributed by atoms with Crippen molar-refractivity contribution in [2.75, 3.05) is 26.2 Å². The highest BCUT2D eigenvalue weighted by atomic mass is 16.1. The zero-order chi connectivity index (χ0) is 15.4. The minimum Gasteiger partial charge on any atom is -0.352 e. The Morgan fingerprint density at radius 2 is 1.95 bits per heavy atom. The first-order chi connectivity index (χ1) is 10.7. The predicted molar refractivity (Wildman–Crippen MR) is 88.3 cm³/mol. The molecule has 1 amide bonds. The molecule has 3 rings (SSSR count). The summed E-state index contributed by atoms with van der Waals surface area (Å²) in [6.07, 6.45) is 2.62. The number of rotatable bonds is 6. The first-order valence-electron chi connectivity index (χ1n) is 8.51. The topological polar surface area (TPSA) is 44.4 Å². The summed E-state index contributed by atoms with van der Waals surface area (Å²) in [5.74, 6) is 0.786. The Morgan fingerprint density at radius 1 is 1.27 bits per heavy atom. The summed E-state index contributed by atoms with van der Waals surface area (Å²) < 4.78 is 0. The van der Waals surface area contributed by atoms with Gasteiger partial charge in [0.15, 0.2) is 0 Å². The molecule has 2 saturated heterocycles. The molecule has 1 aromatic carbocycles. The van der Waals surface area contributed by atoms with Gasteiger partial charge in [-0.1, -0.05) is 31.2 Å². The molecule has 0 saturated carbocycles. The third-order valence-electron chi connectivity index (χ3n) is 5.10. The van der Waals surface area contributed by atoms with Crippen LogP contribution in [0.15, 0.2) is 24.3 Å². The quantitative estimate of drug-likeness (QED) is 0.841. The number of benzene rings is 1. The van der Waals surface area contributed by atoms with Gasteiger partial charge in [-0.25, -0.2) is 0 Å². The maximum absolute atomic E-state index is 12.3. The highest BCUT2D eigenvalue weighted by molar-refractivity contribution is 5.78. The molecule has 2 N–H and O–H groups in total. The molecule has 22 heavy (non-hydrogen) atoms. The van der Waals surface area contributed by atoms with E-state index in [-0.39, 0.29) is 11.8 Å². The molecule has 0 aliphatic carbocycles. The summed E-state index contributed by atoms with van der Waals surface area (Å²) in [6.45, 7) is 8.04. The zero-order valence-electron chi connectivity index (χ0n) is 13.5. The molecule has 1 unspecified atom stereocenters. The first kappa shape index (κ1) is 15.5. The number of likely N-dealkylation sites (tertiary alicyclic amines) is 1. The Morgan fingerprint density at radius 3 is 2.59 bits per heavy atom. The third-order valence-corrected chi connectivity index (χ3v) is 5.10. The van der Waals surface area contributed by atoms with Crippen LogP contribution >= 0.6 is 0 Å². The van der Waals surface area contributed by atoms with Crippen molar-refractivity contribution in [2.24, 2.45) is 11.8 Å². The average molecular weight is 301 g/mol. The minimum atomic E-state index is 0.104. The highest BCUT2D eigenvalue weighted by Crippen LogP contribution is 2.18. The Balaban J connectivity index is 1.56. The maximum atomic E-state index is 12.3. The lowest BCUT2D eigenvalue weighted by Gasteiger charge is -2.31. The minimum absolute atomic E-state index is 0.104. The molecule has 2 aliphatic rings. The molecule has 1 atom stereocenters. The molecule has 2 aliphatic heterocycles. The smallest absolute Gasteiger partial charge is 0.223 e. The number of nitrogens with one attached hydrogen (secondary N) is 2. The van der Waals surface area contributed by atoms with Crippen molar-refractivity contribution in [3.05, 3.63) is 35.4 Å². The molecule has 0 aromatic heterocycles. The molecule has 0 radical (unpaired) electrons. The van der Waals surface area contributed by atoms with Crippen LogP contribution in [0.4, 0.5) is 0 Å². The number of carbonyl (C=O) groups is 1.